The summed E-state index contributed by atoms with van der Waals surface area (Å²) in [6.45, 7) is 7.68. The number of carbonyl (C=O) groups excluding carboxylic acids is 2. The highest BCUT2D eigenvalue weighted by atomic mass is 16.7. The van der Waals surface area contributed by atoms with Crippen molar-refractivity contribution in [2.75, 3.05) is 38.2 Å². The topological polar surface area (TPSA) is 105 Å². The Balaban J connectivity index is 0.880. The molecule has 1 saturated heterocycles. The maximum Gasteiger partial charge on any atom is 0.411 e. The van der Waals surface area contributed by atoms with Gasteiger partial charge in [-0.3, -0.25) is 5.32 Å². The van der Waals surface area contributed by atoms with Crippen molar-refractivity contribution in [1.29, 1.82) is 0 Å². The van der Waals surface area contributed by atoms with Gasteiger partial charge in [-0.2, -0.15) is 0 Å². The Morgan fingerprint density at radius 1 is 1.00 bits per heavy atom. The predicted molar refractivity (Wildman–Crippen MR) is 164 cm³/mol. The first-order chi connectivity index (χ1) is 21.3. The normalized spacial score (nSPS) is 19.4. The summed E-state index contributed by atoms with van der Waals surface area (Å²) in [6.07, 6.45) is 7.22. The number of fused-ring (bicyclic) bond motifs is 1. The number of anilines is 1. The number of nitrogens with one attached hydrogen (secondary N) is 1. The summed E-state index contributed by atoms with van der Waals surface area (Å²) in [5.41, 5.74) is 3.63. The molecular weight excluding hydrogens is 564 g/mol. The Labute approximate surface area is 260 Å². The van der Waals surface area contributed by atoms with Crippen LogP contribution in [0.1, 0.15) is 88.0 Å². The molecule has 5 rings (SSSR count). The van der Waals surface area contributed by atoms with E-state index in [1.807, 2.05) is 56.3 Å². The molecule has 1 saturated carbocycles. The number of ether oxygens (including phenoxy) is 6. The molecule has 240 valence electrons. The number of nitrogens with zero attached hydrogens (tertiary/aromatic N) is 1. The van der Waals surface area contributed by atoms with E-state index in [9.17, 15) is 9.59 Å². The number of hydrogen-bond donors (Lipinski definition) is 1. The number of unbranched alkanes of at least 4 members (excludes halogenated alkanes) is 3. The fourth-order valence-electron chi connectivity index (χ4n) is 5.74. The van der Waals surface area contributed by atoms with Crippen LogP contribution < -0.4 is 10.1 Å². The molecular formula is C34H46N2O8. The smallest absolute Gasteiger partial charge is 0.411 e. The SMILES string of the molecule is CC1(C)OCc2cc([C@@H]3CN(CCCCCCOCCOCc4cccc(NC(=O)OC5CCCC5)c4)C(=O)O3)ccc2O1. The molecule has 2 amide bonds. The van der Waals surface area contributed by atoms with Gasteiger partial charge < -0.3 is 33.3 Å². The third-order valence-electron chi connectivity index (χ3n) is 8.13. The van der Waals surface area contributed by atoms with Crippen molar-refractivity contribution in [2.24, 2.45) is 0 Å². The third kappa shape index (κ3) is 9.58. The summed E-state index contributed by atoms with van der Waals surface area (Å²) in [4.78, 5) is 26.3. The number of hydrogen-bond acceptors (Lipinski definition) is 8. The first-order valence-electron chi connectivity index (χ1n) is 16.0. The van der Waals surface area contributed by atoms with Crippen LogP contribution in [0.25, 0.3) is 0 Å². The lowest BCUT2D eigenvalue weighted by Crippen LogP contribution is -2.35. The van der Waals surface area contributed by atoms with E-state index in [0.717, 1.165) is 73.8 Å². The highest BCUT2D eigenvalue weighted by molar-refractivity contribution is 5.84. The van der Waals surface area contributed by atoms with Gasteiger partial charge in [-0.15, -0.1) is 0 Å². The molecule has 1 N–H and O–H groups in total. The molecule has 0 spiro atoms. The highest BCUT2D eigenvalue weighted by Gasteiger charge is 2.33. The van der Waals surface area contributed by atoms with E-state index in [2.05, 4.69) is 5.32 Å². The largest absolute Gasteiger partial charge is 0.463 e. The second-order valence-electron chi connectivity index (χ2n) is 12.2. The van der Waals surface area contributed by atoms with Gasteiger partial charge in [0.2, 0.25) is 5.79 Å². The van der Waals surface area contributed by atoms with E-state index in [1.165, 1.54) is 0 Å². The lowest BCUT2D eigenvalue weighted by molar-refractivity contribution is -0.180. The van der Waals surface area contributed by atoms with Gasteiger partial charge in [0, 0.05) is 38.2 Å². The molecule has 1 atom stereocenters. The van der Waals surface area contributed by atoms with Crippen LogP contribution in [0.2, 0.25) is 0 Å². The van der Waals surface area contributed by atoms with Crippen LogP contribution in [0, 0.1) is 0 Å². The van der Waals surface area contributed by atoms with Crippen LogP contribution in [-0.4, -0.2) is 61.9 Å². The standard InChI is InChI=1S/C34H46N2O8/c1-34(2)41-24-27-21-26(14-15-30(27)44-34)31-22-36(33(38)43-31)16-7-3-4-8-17-39-18-19-40-23-25-10-9-11-28(20-25)35-32(37)42-29-12-5-6-13-29/h9-11,14-15,20-21,29,31H,3-8,12-13,16-19,22-24H2,1-2H3,(H,35,37)/t31-/m0/s1. The van der Waals surface area contributed by atoms with Gasteiger partial charge in [-0.1, -0.05) is 31.0 Å². The van der Waals surface area contributed by atoms with Crippen molar-refractivity contribution < 1.29 is 38.0 Å². The zero-order chi connectivity index (χ0) is 30.8. The molecule has 0 radical (unpaired) electrons. The van der Waals surface area contributed by atoms with Gasteiger partial charge >= 0.3 is 12.2 Å². The number of carbonyl (C=O) groups is 2. The summed E-state index contributed by atoms with van der Waals surface area (Å²) in [7, 11) is 0. The quantitative estimate of drug-likeness (QED) is 0.213. The van der Waals surface area contributed by atoms with Crippen molar-refractivity contribution in [3.8, 4) is 5.75 Å². The maximum atomic E-state index is 12.4. The van der Waals surface area contributed by atoms with E-state index >= 15 is 0 Å². The lowest BCUT2D eigenvalue weighted by atomic mass is 10.0. The van der Waals surface area contributed by atoms with Crippen LogP contribution in [0.4, 0.5) is 15.3 Å². The third-order valence-corrected chi connectivity index (χ3v) is 8.13. The van der Waals surface area contributed by atoms with Crippen LogP contribution in [0.3, 0.4) is 0 Å². The zero-order valence-corrected chi connectivity index (χ0v) is 26.0. The first kappa shape index (κ1) is 32.1. The Hall–Kier alpha value is -3.34. The van der Waals surface area contributed by atoms with Crippen LogP contribution in [-0.2, 0) is 36.9 Å². The van der Waals surface area contributed by atoms with Gasteiger partial charge in [0.15, 0.2) is 0 Å². The van der Waals surface area contributed by atoms with Crippen molar-refractivity contribution in [2.45, 2.75) is 96.4 Å². The summed E-state index contributed by atoms with van der Waals surface area (Å²) < 4.78 is 34.2. The number of rotatable bonds is 15. The molecule has 0 bridgehead atoms. The van der Waals surface area contributed by atoms with Crippen molar-refractivity contribution in [3.63, 3.8) is 0 Å². The molecule has 3 aliphatic rings. The minimum atomic E-state index is -0.632. The molecule has 2 fully saturated rings. The van der Waals surface area contributed by atoms with Crippen molar-refractivity contribution in [1.82, 2.24) is 4.90 Å². The Morgan fingerprint density at radius 2 is 1.82 bits per heavy atom. The molecule has 1 aliphatic carbocycles. The van der Waals surface area contributed by atoms with Crippen molar-refractivity contribution in [3.05, 3.63) is 59.2 Å². The summed E-state index contributed by atoms with van der Waals surface area (Å²) in [6, 6.07) is 13.5. The Kier molecular flexibility index (Phi) is 11.4. The van der Waals surface area contributed by atoms with Crippen LogP contribution in [0.15, 0.2) is 42.5 Å². The summed E-state index contributed by atoms with van der Waals surface area (Å²) >= 11 is 0. The molecule has 2 aromatic rings. The van der Waals surface area contributed by atoms with Gasteiger partial charge in [-0.25, -0.2) is 9.59 Å². The van der Waals surface area contributed by atoms with E-state index in [0.29, 0.717) is 51.8 Å². The predicted octanol–water partition coefficient (Wildman–Crippen LogP) is 7.11. The summed E-state index contributed by atoms with van der Waals surface area (Å²) in [5, 5.41) is 2.81. The number of benzene rings is 2. The van der Waals surface area contributed by atoms with Crippen LogP contribution >= 0.6 is 0 Å². The maximum absolute atomic E-state index is 12.4. The Bertz CT molecular complexity index is 1250. The second kappa shape index (κ2) is 15.6. The van der Waals surface area contributed by atoms with Gasteiger partial charge in [-0.05, 0) is 73.9 Å². The summed E-state index contributed by atoms with van der Waals surface area (Å²) in [5.74, 6) is 0.184. The van der Waals surface area contributed by atoms with Gasteiger partial charge in [0.1, 0.15) is 18.0 Å². The molecule has 10 nitrogen and oxygen atoms in total. The first-order valence-corrected chi connectivity index (χ1v) is 16.0. The molecule has 2 aromatic carbocycles. The molecule has 0 unspecified atom stereocenters. The zero-order valence-electron chi connectivity index (χ0n) is 26.0. The second-order valence-corrected chi connectivity index (χ2v) is 12.2. The van der Waals surface area contributed by atoms with E-state index < -0.39 is 11.9 Å². The monoisotopic (exact) mass is 610 g/mol. The molecule has 0 aromatic heterocycles. The average Bonchev–Trinajstić information content (AvgIpc) is 3.64. The lowest BCUT2D eigenvalue weighted by Gasteiger charge is -2.32. The molecule has 2 heterocycles. The Morgan fingerprint density at radius 3 is 2.68 bits per heavy atom. The van der Waals surface area contributed by atoms with Crippen molar-refractivity contribution >= 4 is 17.9 Å². The fraction of sp³-hybridized carbons (Fsp3) is 0.588. The molecule has 44 heavy (non-hydrogen) atoms. The van der Waals surface area contributed by atoms with Gasteiger partial charge in [0.05, 0.1) is 33.0 Å². The number of cyclic esters (lactones) is 1. The van der Waals surface area contributed by atoms with Gasteiger partial charge in [0.25, 0.3) is 0 Å². The minimum Gasteiger partial charge on any atom is -0.463 e. The van der Waals surface area contributed by atoms with E-state index in [-0.39, 0.29) is 18.3 Å². The highest BCUT2D eigenvalue weighted by Crippen LogP contribution is 2.35. The fourth-order valence-corrected chi connectivity index (χ4v) is 5.74. The van der Waals surface area contributed by atoms with E-state index in [4.69, 9.17) is 28.4 Å². The minimum absolute atomic E-state index is 0.0396. The van der Waals surface area contributed by atoms with Crippen LogP contribution in [0.5, 0.6) is 5.75 Å². The molecule has 2 aliphatic heterocycles. The van der Waals surface area contributed by atoms with E-state index in [1.54, 1.807) is 4.90 Å². The average molecular weight is 611 g/mol. The molecule has 10 heteroatoms. The number of amides is 2.